The summed E-state index contributed by atoms with van der Waals surface area (Å²) in [6.07, 6.45) is 0. The van der Waals surface area contributed by atoms with Crippen LogP contribution >= 0.6 is 11.6 Å². The number of benzene rings is 3. The van der Waals surface area contributed by atoms with E-state index in [2.05, 4.69) is 4.72 Å². The van der Waals surface area contributed by atoms with Gasteiger partial charge in [-0.1, -0.05) is 41.9 Å². The highest BCUT2D eigenvalue weighted by Gasteiger charge is 2.19. The summed E-state index contributed by atoms with van der Waals surface area (Å²) < 4.78 is 34.2. The number of anilines is 1. The molecule has 0 aliphatic rings. The Balaban J connectivity index is 1.82. The third-order valence-corrected chi connectivity index (χ3v) is 5.81. The van der Waals surface area contributed by atoms with Crippen LogP contribution in [-0.2, 0) is 16.6 Å². The first-order valence-electron chi connectivity index (χ1n) is 9.07. The van der Waals surface area contributed by atoms with Crippen molar-refractivity contribution in [1.82, 2.24) is 4.90 Å². The van der Waals surface area contributed by atoms with Gasteiger partial charge in [-0.15, -0.1) is 0 Å². The van der Waals surface area contributed by atoms with Crippen molar-refractivity contribution in [3.8, 4) is 5.75 Å². The molecule has 0 unspecified atom stereocenters. The van der Waals surface area contributed by atoms with Crippen LogP contribution in [0.4, 0.5) is 5.69 Å². The first-order chi connectivity index (χ1) is 14.3. The fraction of sp³-hybridized carbons (Fsp3) is 0.136. The Labute approximate surface area is 181 Å². The van der Waals surface area contributed by atoms with Crippen LogP contribution < -0.4 is 9.46 Å². The molecule has 8 heteroatoms. The topological polar surface area (TPSA) is 75.7 Å². The molecular weight excluding hydrogens is 424 g/mol. The van der Waals surface area contributed by atoms with Crippen molar-refractivity contribution in [1.29, 1.82) is 0 Å². The van der Waals surface area contributed by atoms with Crippen molar-refractivity contribution < 1.29 is 17.9 Å². The molecule has 1 N–H and O–H groups in total. The minimum Gasteiger partial charge on any atom is -0.487 e. The van der Waals surface area contributed by atoms with Gasteiger partial charge in [0.1, 0.15) is 12.4 Å². The highest BCUT2D eigenvalue weighted by Crippen LogP contribution is 2.28. The number of hydrogen-bond donors (Lipinski definition) is 1. The number of rotatable bonds is 7. The molecule has 0 saturated carbocycles. The summed E-state index contributed by atoms with van der Waals surface area (Å²) in [6, 6.07) is 19.9. The highest BCUT2D eigenvalue weighted by atomic mass is 35.5. The van der Waals surface area contributed by atoms with E-state index in [1.54, 1.807) is 56.6 Å². The predicted molar refractivity (Wildman–Crippen MR) is 117 cm³/mol. The average Bonchev–Trinajstić information content (AvgIpc) is 2.72. The molecular formula is C22H21ClN2O4S. The Morgan fingerprint density at radius 3 is 2.47 bits per heavy atom. The largest absolute Gasteiger partial charge is 0.487 e. The van der Waals surface area contributed by atoms with E-state index < -0.39 is 10.0 Å². The van der Waals surface area contributed by atoms with Crippen LogP contribution in [0.5, 0.6) is 5.75 Å². The standard InChI is InChI=1S/C22H21ClN2O4S/c1-25(2)22(26)17-8-6-10-19(14-17)30(27,28)24-20-11-3-4-12-21(20)29-15-16-7-5-9-18(23)13-16/h3-14,24H,15H2,1-2H3. The third-order valence-electron chi connectivity index (χ3n) is 4.21. The van der Waals surface area contributed by atoms with Crippen LogP contribution in [0.15, 0.2) is 77.7 Å². The van der Waals surface area contributed by atoms with E-state index in [9.17, 15) is 13.2 Å². The quantitative estimate of drug-likeness (QED) is 0.585. The van der Waals surface area contributed by atoms with Crippen LogP contribution in [0.2, 0.25) is 5.02 Å². The van der Waals surface area contributed by atoms with E-state index in [1.807, 2.05) is 12.1 Å². The second kappa shape index (κ2) is 9.19. The number of ether oxygens (including phenoxy) is 1. The van der Waals surface area contributed by atoms with Gasteiger partial charge in [0.2, 0.25) is 0 Å². The van der Waals surface area contributed by atoms with E-state index in [0.29, 0.717) is 16.5 Å². The molecule has 6 nitrogen and oxygen atoms in total. The van der Waals surface area contributed by atoms with E-state index in [4.69, 9.17) is 16.3 Å². The number of carbonyl (C=O) groups is 1. The van der Waals surface area contributed by atoms with E-state index >= 15 is 0 Å². The fourth-order valence-corrected chi connectivity index (χ4v) is 4.05. The summed E-state index contributed by atoms with van der Waals surface area (Å²) in [5.74, 6) is 0.0962. The lowest BCUT2D eigenvalue weighted by Crippen LogP contribution is -2.22. The number of sulfonamides is 1. The SMILES string of the molecule is CN(C)C(=O)c1cccc(S(=O)(=O)Nc2ccccc2OCc2cccc(Cl)c2)c1. The van der Waals surface area contributed by atoms with Gasteiger partial charge < -0.3 is 9.64 Å². The predicted octanol–water partition coefficient (Wildman–Crippen LogP) is 4.42. The average molecular weight is 445 g/mol. The van der Waals surface area contributed by atoms with Crippen molar-refractivity contribution in [2.24, 2.45) is 0 Å². The van der Waals surface area contributed by atoms with Crippen LogP contribution in [0.1, 0.15) is 15.9 Å². The van der Waals surface area contributed by atoms with Gasteiger partial charge in [0, 0.05) is 24.7 Å². The molecule has 30 heavy (non-hydrogen) atoms. The number of nitrogens with zero attached hydrogens (tertiary/aromatic N) is 1. The van der Waals surface area contributed by atoms with E-state index in [-0.39, 0.29) is 23.0 Å². The fourth-order valence-electron chi connectivity index (χ4n) is 2.72. The van der Waals surface area contributed by atoms with Crippen molar-refractivity contribution in [3.05, 3.63) is 88.9 Å². The molecule has 0 aliphatic heterocycles. The van der Waals surface area contributed by atoms with Gasteiger partial charge in [-0.3, -0.25) is 9.52 Å². The normalized spacial score (nSPS) is 11.0. The molecule has 156 valence electrons. The van der Waals surface area contributed by atoms with Crippen molar-refractivity contribution in [3.63, 3.8) is 0 Å². The molecule has 3 rings (SSSR count). The zero-order chi connectivity index (χ0) is 21.7. The van der Waals surface area contributed by atoms with Crippen molar-refractivity contribution >= 4 is 33.2 Å². The molecule has 0 spiro atoms. The Kier molecular flexibility index (Phi) is 6.64. The Morgan fingerprint density at radius 2 is 1.73 bits per heavy atom. The maximum atomic E-state index is 12.9. The molecule has 3 aromatic carbocycles. The van der Waals surface area contributed by atoms with Gasteiger partial charge in [0.15, 0.2) is 0 Å². The molecule has 0 radical (unpaired) electrons. The molecule has 3 aromatic rings. The van der Waals surface area contributed by atoms with Gasteiger partial charge in [-0.05, 0) is 48.0 Å². The lowest BCUT2D eigenvalue weighted by Gasteiger charge is -2.15. The summed E-state index contributed by atoms with van der Waals surface area (Å²) in [4.78, 5) is 13.5. The number of nitrogens with one attached hydrogen (secondary N) is 1. The Morgan fingerprint density at radius 1 is 1.00 bits per heavy atom. The van der Waals surface area contributed by atoms with Gasteiger partial charge in [0.05, 0.1) is 10.6 Å². The molecule has 1 amide bonds. The number of para-hydroxylation sites is 2. The van der Waals surface area contributed by atoms with E-state index in [1.165, 1.54) is 23.1 Å². The second-order valence-corrected chi connectivity index (χ2v) is 8.87. The minimum absolute atomic E-state index is 0.0140. The van der Waals surface area contributed by atoms with Gasteiger partial charge >= 0.3 is 0 Å². The number of halogens is 1. The van der Waals surface area contributed by atoms with Crippen molar-refractivity contribution in [2.75, 3.05) is 18.8 Å². The summed E-state index contributed by atoms with van der Waals surface area (Å²) in [5.41, 5.74) is 1.44. The molecule has 0 aromatic heterocycles. The highest BCUT2D eigenvalue weighted by molar-refractivity contribution is 7.92. The van der Waals surface area contributed by atoms with Gasteiger partial charge in [0.25, 0.3) is 15.9 Å². The third kappa shape index (κ3) is 5.31. The zero-order valence-corrected chi connectivity index (χ0v) is 18.1. The van der Waals surface area contributed by atoms with Gasteiger partial charge in [-0.2, -0.15) is 0 Å². The molecule has 0 aliphatic carbocycles. The maximum absolute atomic E-state index is 12.9. The first kappa shape index (κ1) is 21.7. The molecule has 0 atom stereocenters. The smallest absolute Gasteiger partial charge is 0.262 e. The number of hydrogen-bond acceptors (Lipinski definition) is 4. The number of carbonyl (C=O) groups excluding carboxylic acids is 1. The molecule has 0 fully saturated rings. The molecule has 0 saturated heterocycles. The molecule has 0 bridgehead atoms. The number of amides is 1. The van der Waals surface area contributed by atoms with E-state index in [0.717, 1.165) is 5.56 Å². The van der Waals surface area contributed by atoms with Crippen LogP contribution in [-0.4, -0.2) is 33.3 Å². The summed E-state index contributed by atoms with van der Waals surface area (Å²) in [6.45, 7) is 0.228. The Hall–Kier alpha value is -3.03. The maximum Gasteiger partial charge on any atom is 0.262 e. The lowest BCUT2D eigenvalue weighted by molar-refractivity contribution is 0.0827. The van der Waals surface area contributed by atoms with Gasteiger partial charge in [-0.25, -0.2) is 8.42 Å². The van der Waals surface area contributed by atoms with Crippen molar-refractivity contribution in [2.45, 2.75) is 11.5 Å². The van der Waals surface area contributed by atoms with Crippen LogP contribution in [0.3, 0.4) is 0 Å². The monoisotopic (exact) mass is 444 g/mol. The van der Waals surface area contributed by atoms with Crippen LogP contribution in [0.25, 0.3) is 0 Å². The Bertz CT molecular complexity index is 1160. The lowest BCUT2D eigenvalue weighted by atomic mass is 10.2. The summed E-state index contributed by atoms with van der Waals surface area (Å²) >= 11 is 5.99. The minimum atomic E-state index is -3.93. The summed E-state index contributed by atoms with van der Waals surface area (Å²) in [5, 5.41) is 0.595. The summed E-state index contributed by atoms with van der Waals surface area (Å²) in [7, 11) is -0.716. The first-order valence-corrected chi connectivity index (χ1v) is 10.9. The van der Waals surface area contributed by atoms with Crippen LogP contribution in [0, 0.1) is 0 Å². The second-order valence-electron chi connectivity index (χ2n) is 6.75. The molecule has 0 heterocycles. The zero-order valence-electron chi connectivity index (χ0n) is 16.5.